The van der Waals surface area contributed by atoms with Gasteiger partial charge in [-0.15, -0.1) is 0 Å². The highest BCUT2D eigenvalue weighted by Gasteiger charge is 2.14. The minimum atomic E-state index is -0.175. The maximum atomic E-state index is 11.4. The molecule has 0 aromatic carbocycles. The fourth-order valence-electron chi connectivity index (χ4n) is 1.24. The molecule has 0 aliphatic carbocycles. The molecule has 0 aliphatic rings. The van der Waals surface area contributed by atoms with Crippen LogP contribution < -0.4 is 0 Å². The summed E-state index contributed by atoms with van der Waals surface area (Å²) in [5.41, 5.74) is 0.871. The summed E-state index contributed by atoms with van der Waals surface area (Å²) in [4.78, 5) is 17.5. The van der Waals surface area contributed by atoms with Gasteiger partial charge in [0.25, 0.3) is 0 Å². The number of ether oxygens (including phenoxy) is 1. The van der Waals surface area contributed by atoms with E-state index < -0.39 is 0 Å². The van der Waals surface area contributed by atoms with Crippen LogP contribution >= 0.6 is 0 Å². The molecule has 0 saturated carbocycles. The number of hydrogen-bond acceptors (Lipinski definition) is 3. The molecule has 0 aromatic heterocycles. The van der Waals surface area contributed by atoms with Crippen LogP contribution in [0.1, 0.15) is 20.8 Å². The van der Waals surface area contributed by atoms with Crippen LogP contribution in [-0.2, 0) is 9.53 Å². The van der Waals surface area contributed by atoms with E-state index in [9.17, 15) is 4.79 Å². The molecule has 0 aliphatic heterocycles. The third kappa shape index (κ3) is 7.33. The highest BCUT2D eigenvalue weighted by Crippen LogP contribution is 2.01. The quantitative estimate of drug-likeness (QED) is 0.295. The van der Waals surface area contributed by atoms with Crippen molar-refractivity contribution in [3.63, 3.8) is 0 Å². The first-order chi connectivity index (χ1) is 8.01. The van der Waals surface area contributed by atoms with Crippen LogP contribution in [-0.4, -0.2) is 37.4 Å². The third-order valence-electron chi connectivity index (χ3n) is 2.07. The zero-order valence-electron chi connectivity index (χ0n) is 11.1. The van der Waals surface area contributed by atoms with Gasteiger partial charge in [0.05, 0.1) is 18.9 Å². The predicted octanol–water partition coefficient (Wildman–Crippen LogP) is 2.24. The van der Waals surface area contributed by atoms with Crippen molar-refractivity contribution in [2.45, 2.75) is 20.8 Å². The molecule has 0 aromatic rings. The van der Waals surface area contributed by atoms with Crippen LogP contribution in [0.5, 0.6) is 0 Å². The van der Waals surface area contributed by atoms with Gasteiger partial charge in [0.2, 0.25) is 0 Å². The van der Waals surface area contributed by atoms with Crippen LogP contribution in [0.15, 0.2) is 29.4 Å². The summed E-state index contributed by atoms with van der Waals surface area (Å²) in [5, 5.41) is 0. The van der Waals surface area contributed by atoms with Crippen molar-refractivity contribution in [1.82, 2.24) is 4.90 Å². The normalized spacial score (nSPS) is 13.5. The first-order valence-corrected chi connectivity index (χ1v) is 5.71. The Balaban J connectivity index is 4.17. The first-order valence-electron chi connectivity index (χ1n) is 5.71. The van der Waals surface area contributed by atoms with E-state index in [4.69, 9.17) is 4.74 Å². The predicted molar refractivity (Wildman–Crippen MR) is 70.9 cm³/mol. The number of esters is 1. The van der Waals surface area contributed by atoms with Gasteiger partial charge < -0.3 is 9.64 Å². The zero-order chi connectivity index (χ0) is 13.3. The van der Waals surface area contributed by atoms with Crippen molar-refractivity contribution in [2.75, 3.05) is 20.2 Å². The molecule has 0 bridgehead atoms. The van der Waals surface area contributed by atoms with Gasteiger partial charge in [0.1, 0.15) is 0 Å². The third-order valence-corrected chi connectivity index (χ3v) is 2.07. The van der Waals surface area contributed by atoms with Crippen LogP contribution in [0.4, 0.5) is 0 Å². The summed E-state index contributed by atoms with van der Waals surface area (Å²) in [7, 11) is 1.88. The smallest absolute Gasteiger partial charge is 0.310 e. The van der Waals surface area contributed by atoms with E-state index in [0.717, 1.165) is 5.70 Å². The molecular formula is C13H22N2O2. The lowest BCUT2D eigenvalue weighted by Gasteiger charge is -2.17. The van der Waals surface area contributed by atoms with Crippen molar-refractivity contribution in [1.29, 1.82) is 0 Å². The molecule has 17 heavy (non-hydrogen) atoms. The average Bonchev–Trinajstić information content (AvgIpc) is 2.27. The molecule has 4 nitrogen and oxygen atoms in total. The topological polar surface area (TPSA) is 41.9 Å². The van der Waals surface area contributed by atoms with Gasteiger partial charge in [-0.2, -0.15) is 0 Å². The highest BCUT2D eigenvalue weighted by atomic mass is 16.5. The summed E-state index contributed by atoms with van der Waals surface area (Å²) in [6.07, 6.45) is 5.21. The maximum Gasteiger partial charge on any atom is 0.310 e. The van der Waals surface area contributed by atoms with Gasteiger partial charge in [-0.25, -0.2) is 4.99 Å². The number of carbonyl (C=O) groups excluding carboxylic acids is 1. The molecule has 0 radical (unpaired) electrons. The van der Waals surface area contributed by atoms with E-state index in [-0.39, 0.29) is 11.9 Å². The zero-order valence-corrected chi connectivity index (χ0v) is 11.1. The van der Waals surface area contributed by atoms with Gasteiger partial charge in [-0.3, -0.25) is 4.79 Å². The van der Waals surface area contributed by atoms with Crippen LogP contribution in [0, 0.1) is 5.92 Å². The van der Waals surface area contributed by atoms with Crippen molar-refractivity contribution in [2.24, 2.45) is 10.9 Å². The molecule has 1 unspecified atom stereocenters. The molecule has 0 rings (SSSR count). The average molecular weight is 238 g/mol. The van der Waals surface area contributed by atoms with Crippen LogP contribution in [0.25, 0.3) is 0 Å². The Hall–Kier alpha value is -1.58. The Kier molecular flexibility index (Phi) is 7.76. The Morgan fingerprint density at radius 1 is 1.59 bits per heavy atom. The van der Waals surface area contributed by atoms with E-state index in [1.54, 1.807) is 19.3 Å². The Labute approximate surface area is 104 Å². The number of aliphatic imine (C=N–C) groups is 1. The van der Waals surface area contributed by atoms with E-state index >= 15 is 0 Å². The Bertz CT molecular complexity index is 309. The molecule has 0 spiro atoms. The fourth-order valence-corrected chi connectivity index (χ4v) is 1.24. The summed E-state index contributed by atoms with van der Waals surface area (Å²) < 4.78 is 4.93. The molecule has 4 heteroatoms. The Morgan fingerprint density at radius 3 is 2.76 bits per heavy atom. The standard InChI is InChI=1S/C13H22N2O2/c1-6-8-12(4)14-10-15(5)9-11(3)13(16)17-7-2/h6,8,10-11H,1,7,9H2,2-5H3/b12-8+,14-10?. The number of allylic oxidation sites excluding steroid dienone is 3. The van der Waals surface area contributed by atoms with Crippen LogP contribution in [0.3, 0.4) is 0 Å². The molecule has 0 heterocycles. The van der Waals surface area contributed by atoms with Gasteiger partial charge in [-0.05, 0) is 19.9 Å². The second-order valence-electron chi connectivity index (χ2n) is 3.88. The monoisotopic (exact) mass is 238 g/mol. The maximum absolute atomic E-state index is 11.4. The second-order valence-corrected chi connectivity index (χ2v) is 3.88. The number of carbonyl (C=O) groups is 1. The van der Waals surface area contributed by atoms with Crippen molar-refractivity contribution >= 4 is 12.3 Å². The minimum Gasteiger partial charge on any atom is -0.466 e. The molecule has 0 fully saturated rings. The first kappa shape index (κ1) is 15.4. The van der Waals surface area contributed by atoms with Crippen molar-refractivity contribution in [3.8, 4) is 0 Å². The second kappa shape index (κ2) is 8.56. The van der Waals surface area contributed by atoms with Crippen LogP contribution in [0.2, 0.25) is 0 Å². The van der Waals surface area contributed by atoms with Crippen molar-refractivity contribution < 1.29 is 9.53 Å². The van der Waals surface area contributed by atoms with E-state index in [1.807, 2.05) is 31.9 Å². The lowest BCUT2D eigenvalue weighted by atomic mass is 10.2. The summed E-state index contributed by atoms with van der Waals surface area (Å²) in [6, 6.07) is 0. The van der Waals surface area contributed by atoms with E-state index in [0.29, 0.717) is 13.2 Å². The largest absolute Gasteiger partial charge is 0.466 e. The summed E-state index contributed by atoms with van der Waals surface area (Å²) in [6.45, 7) is 10.1. The molecule has 0 amide bonds. The van der Waals surface area contributed by atoms with Crippen molar-refractivity contribution in [3.05, 3.63) is 24.4 Å². The molecule has 1 atom stereocenters. The van der Waals surface area contributed by atoms with Gasteiger partial charge in [-0.1, -0.05) is 19.6 Å². The Morgan fingerprint density at radius 2 is 2.24 bits per heavy atom. The van der Waals surface area contributed by atoms with Gasteiger partial charge in [0, 0.05) is 19.3 Å². The lowest BCUT2D eigenvalue weighted by molar-refractivity contribution is -0.147. The summed E-state index contributed by atoms with van der Waals surface area (Å²) in [5.74, 6) is -0.332. The van der Waals surface area contributed by atoms with E-state index in [1.165, 1.54) is 0 Å². The molecule has 96 valence electrons. The fraction of sp³-hybridized carbons (Fsp3) is 0.538. The lowest BCUT2D eigenvalue weighted by Crippen LogP contribution is -2.29. The number of nitrogens with zero attached hydrogens (tertiary/aromatic N) is 2. The number of rotatable bonds is 7. The highest BCUT2D eigenvalue weighted by molar-refractivity contribution is 5.72. The minimum absolute atomic E-state index is 0.157. The SMILES string of the molecule is C=C/C=C(\C)N=CN(C)CC(C)C(=O)OCC. The van der Waals surface area contributed by atoms with Gasteiger partial charge >= 0.3 is 5.97 Å². The molecule has 0 saturated heterocycles. The summed E-state index contributed by atoms with van der Waals surface area (Å²) >= 11 is 0. The van der Waals surface area contributed by atoms with Gasteiger partial charge in [0.15, 0.2) is 0 Å². The molecular weight excluding hydrogens is 216 g/mol. The number of hydrogen-bond donors (Lipinski definition) is 0. The molecule has 0 N–H and O–H groups in total. The van der Waals surface area contributed by atoms with E-state index in [2.05, 4.69) is 11.6 Å².